The van der Waals surface area contributed by atoms with E-state index in [1.165, 1.54) is 6.42 Å². The van der Waals surface area contributed by atoms with Crippen molar-refractivity contribution in [2.75, 3.05) is 0 Å². The maximum atomic E-state index is 10.9. The fourth-order valence-corrected chi connectivity index (χ4v) is 0.885. The van der Waals surface area contributed by atoms with E-state index in [1.807, 2.05) is 0 Å². The van der Waals surface area contributed by atoms with Crippen LogP contribution < -0.4 is 11.1 Å². The lowest BCUT2D eigenvalue weighted by Crippen LogP contribution is -2.46. The van der Waals surface area contributed by atoms with Crippen molar-refractivity contribution in [1.82, 2.24) is 5.32 Å². The molecule has 1 saturated carbocycles. The smallest absolute Gasteiger partial charge is 0.236 e. The molecule has 3 N–H and O–H groups in total. The van der Waals surface area contributed by atoms with E-state index in [9.17, 15) is 4.79 Å². The lowest BCUT2D eigenvalue weighted by molar-refractivity contribution is -0.123. The Labute approximate surface area is 61.0 Å². The van der Waals surface area contributed by atoms with Gasteiger partial charge in [0.15, 0.2) is 0 Å². The van der Waals surface area contributed by atoms with E-state index in [2.05, 4.69) is 5.32 Å². The van der Waals surface area contributed by atoms with Gasteiger partial charge in [-0.2, -0.15) is 0 Å². The molecule has 0 aromatic heterocycles. The lowest BCUT2D eigenvalue weighted by atomic mass is 9.93. The van der Waals surface area contributed by atoms with E-state index < -0.39 is 0 Å². The molecule has 1 fully saturated rings. The van der Waals surface area contributed by atoms with Crippen molar-refractivity contribution in [3.63, 3.8) is 0 Å². The topological polar surface area (TPSA) is 55.1 Å². The van der Waals surface area contributed by atoms with Crippen molar-refractivity contribution >= 4 is 5.91 Å². The predicted molar refractivity (Wildman–Crippen MR) is 39.4 cm³/mol. The number of rotatable bonds is 2. The van der Waals surface area contributed by atoms with Crippen LogP contribution in [0, 0.1) is 0 Å². The van der Waals surface area contributed by atoms with Gasteiger partial charge in [-0.1, -0.05) is 0 Å². The van der Waals surface area contributed by atoms with Gasteiger partial charge < -0.3 is 11.1 Å². The van der Waals surface area contributed by atoms with Crippen LogP contribution in [0.3, 0.4) is 0 Å². The molecule has 0 unspecified atom stereocenters. The van der Waals surface area contributed by atoms with Crippen molar-refractivity contribution in [3.05, 3.63) is 0 Å². The van der Waals surface area contributed by atoms with Crippen molar-refractivity contribution in [3.8, 4) is 0 Å². The van der Waals surface area contributed by atoms with Gasteiger partial charge in [-0.3, -0.25) is 4.79 Å². The van der Waals surface area contributed by atoms with Crippen LogP contribution in [0.1, 0.15) is 26.2 Å². The summed E-state index contributed by atoms with van der Waals surface area (Å²) in [6.07, 6.45) is 3.49. The highest BCUT2D eigenvalue weighted by molar-refractivity contribution is 5.81. The van der Waals surface area contributed by atoms with Gasteiger partial charge in [0.2, 0.25) is 5.91 Å². The third-order valence-corrected chi connectivity index (χ3v) is 1.87. The van der Waals surface area contributed by atoms with Gasteiger partial charge in [-0.25, -0.2) is 0 Å². The van der Waals surface area contributed by atoms with Crippen LogP contribution >= 0.6 is 0 Å². The van der Waals surface area contributed by atoms with E-state index in [-0.39, 0.29) is 11.9 Å². The standard InChI is InChI=1S/C7H14N2O/c1-5(8)7(10)9-6-3-2-4-6/h5-6H,2-4,8H2,1H3,(H,9,10)/t5-/m0/s1. The van der Waals surface area contributed by atoms with Crippen LogP contribution in [0.2, 0.25) is 0 Å². The number of nitrogens with one attached hydrogen (secondary N) is 1. The minimum absolute atomic E-state index is 0.0234. The van der Waals surface area contributed by atoms with Gasteiger partial charge >= 0.3 is 0 Å². The molecule has 1 rings (SSSR count). The second-order valence-electron chi connectivity index (χ2n) is 2.93. The molecule has 3 nitrogen and oxygen atoms in total. The molecule has 0 aromatic rings. The largest absolute Gasteiger partial charge is 0.352 e. The minimum Gasteiger partial charge on any atom is -0.352 e. The molecule has 0 radical (unpaired) electrons. The molecule has 0 saturated heterocycles. The van der Waals surface area contributed by atoms with Gasteiger partial charge in [-0.15, -0.1) is 0 Å². The third-order valence-electron chi connectivity index (χ3n) is 1.87. The van der Waals surface area contributed by atoms with Gasteiger partial charge in [0.05, 0.1) is 6.04 Å². The summed E-state index contributed by atoms with van der Waals surface area (Å²) in [7, 11) is 0. The average Bonchev–Trinajstić information content (AvgIpc) is 1.77. The van der Waals surface area contributed by atoms with E-state index in [4.69, 9.17) is 5.73 Å². The van der Waals surface area contributed by atoms with Crippen LogP contribution in [0.15, 0.2) is 0 Å². The second kappa shape index (κ2) is 3.01. The molecule has 10 heavy (non-hydrogen) atoms. The van der Waals surface area contributed by atoms with Crippen LogP contribution in [0.25, 0.3) is 0 Å². The normalized spacial score (nSPS) is 21.4. The Morgan fingerprint density at radius 1 is 1.70 bits per heavy atom. The lowest BCUT2D eigenvalue weighted by Gasteiger charge is -2.27. The van der Waals surface area contributed by atoms with Crippen molar-refractivity contribution < 1.29 is 4.79 Å². The van der Waals surface area contributed by atoms with Crippen molar-refractivity contribution in [2.45, 2.75) is 38.3 Å². The highest BCUT2D eigenvalue weighted by Crippen LogP contribution is 2.17. The molecule has 0 aromatic carbocycles. The summed E-state index contributed by atoms with van der Waals surface area (Å²) in [6, 6.07) is 0.0547. The van der Waals surface area contributed by atoms with Crippen molar-refractivity contribution in [1.29, 1.82) is 0 Å². The Morgan fingerprint density at radius 3 is 2.60 bits per heavy atom. The molecular formula is C7H14N2O. The predicted octanol–water partition coefficient (Wildman–Crippen LogP) is 0.00230. The SMILES string of the molecule is C[C@H](N)C(=O)NC1CCC1. The van der Waals surface area contributed by atoms with Crippen LogP contribution in [-0.2, 0) is 4.79 Å². The third kappa shape index (κ3) is 1.70. The van der Waals surface area contributed by atoms with Gasteiger partial charge in [-0.05, 0) is 26.2 Å². The summed E-state index contributed by atoms with van der Waals surface area (Å²) in [5.74, 6) is -0.0234. The number of nitrogens with two attached hydrogens (primary N) is 1. The number of hydrogen-bond donors (Lipinski definition) is 2. The molecule has 0 aliphatic heterocycles. The average molecular weight is 142 g/mol. The Hall–Kier alpha value is -0.570. The Balaban J connectivity index is 2.17. The zero-order chi connectivity index (χ0) is 7.56. The second-order valence-corrected chi connectivity index (χ2v) is 2.93. The van der Waals surface area contributed by atoms with Crippen LogP contribution in [0.4, 0.5) is 0 Å². The molecular weight excluding hydrogens is 128 g/mol. The van der Waals surface area contributed by atoms with E-state index in [0.29, 0.717) is 6.04 Å². The highest BCUT2D eigenvalue weighted by Gasteiger charge is 2.20. The summed E-state index contributed by atoms with van der Waals surface area (Å²) in [5.41, 5.74) is 5.35. The number of amides is 1. The van der Waals surface area contributed by atoms with E-state index in [1.54, 1.807) is 6.92 Å². The zero-order valence-corrected chi connectivity index (χ0v) is 6.26. The molecule has 0 heterocycles. The van der Waals surface area contributed by atoms with Crippen LogP contribution in [-0.4, -0.2) is 18.0 Å². The number of carbonyl (C=O) groups is 1. The van der Waals surface area contributed by atoms with Gasteiger partial charge in [0.1, 0.15) is 0 Å². The first-order valence-electron chi connectivity index (χ1n) is 3.76. The minimum atomic E-state index is -0.361. The fraction of sp³-hybridized carbons (Fsp3) is 0.857. The highest BCUT2D eigenvalue weighted by atomic mass is 16.2. The summed E-state index contributed by atoms with van der Waals surface area (Å²) >= 11 is 0. The Morgan fingerprint density at radius 2 is 2.30 bits per heavy atom. The maximum Gasteiger partial charge on any atom is 0.236 e. The quantitative estimate of drug-likeness (QED) is 0.570. The van der Waals surface area contributed by atoms with Crippen molar-refractivity contribution in [2.24, 2.45) is 5.73 Å². The van der Waals surface area contributed by atoms with E-state index in [0.717, 1.165) is 12.8 Å². The number of hydrogen-bond acceptors (Lipinski definition) is 2. The summed E-state index contributed by atoms with van der Waals surface area (Å²) in [4.78, 5) is 10.9. The molecule has 1 aliphatic carbocycles. The molecule has 0 bridgehead atoms. The zero-order valence-electron chi connectivity index (χ0n) is 6.26. The number of carbonyl (C=O) groups excluding carboxylic acids is 1. The fourth-order valence-electron chi connectivity index (χ4n) is 0.885. The van der Waals surface area contributed by atoms with Gasteiger partial charge in [0.25, 0.3) is 0 Å². The summed E-state index contributed by atoms with van der Waals surface area (Å²) < 4.78 is 0. The molecule has 3 heteroatoms. The summed E-state index contributed by atoms with van der Waals surface area (Å²) in [6.45, 7) is 1.70. The first-order valence-corrected chi connectivity index (χ1v) is 3.76. The Bertz CT molecular complexity index is 130. The van der Waals surface area contributed by atoms with E-state index >= 15 is 0 Å². The first-order chi connectivity index (χ1) is 4.70. The molecule has 0 spiro atoms. The first kappa shape index (κ1) is 7.54. The molecule has 1 amide bonds. The molecule has 1 atom stereocenters. The monoisotopic (exact) mass is 142 g/mol. The molecule has 1 aliphatic rings. The molecule has 58 valence electrons. The van der Waals surface area contributed by atoms with Gasteiger partial charge in [0, 0.05) is 6.04 Å². The van der Waals surface area contributed by atoms with Crippen LogP contribution in [0.5, 0.6) is 0 Å². The summed E-state index contributed by atoms with van der Waals surface area (Å²) in [5, 5.41) is 2.85. The Kier molecular flexibility index (Phi) is 2.27. The maximum absolute atomic E-state index is 10.9.